The normalized spacial score (nSPS) is 19.1. The Hall–Kier alpha value is -1.55. The Bertz CT molecular complexity index is 457. The number of para-hydroxylation sites is 1. The Balaban J connectivity index is 2.19. The molecule has 4 nitrogen and oxygen atoms in total. The second-order valence-electron chi connectivity index (χ2n) is 5.60. The van der Waals surface area contributed by atoms with Crippen LogP contribution in [0.1, 0.15) is 19.4 Å². The molecule has 104 valence electrons. The molecule has 1 amide bonds. The predicted octanol–water partition coefficient (Wildman–Crippen LogP) is 1.65. The van der Waals surface area contributed by atoms with Gasteiger partial charge in [0.1, 0.15) is 5.75 Å². The maximum absolute atomic E-state index is 12.5. The average molecular weight is 262 g/mol. The largest absolute Gasteiger partial charge is 0.496 e. The number of ether oxygens (including phenoxy) is 1. The molecule has 0 unspecified atom stereocenters. The number of carbonyl (C=O) groups excluding carboxylic acids is 1. The number of amides is 1. The minimum atomic E-state index is -0.349. The van der Waals surface area contributed by atoms with Gasteiger partial charge in [0.2, 0.25) is 5.91 Å². The minimum absolute atomic E-state index is 0.198. The van der Waals surface area contributed by atoms with Crippen LogP contribution in [-0.2, 0) is 11.3 Å². The molecule has 0 aliphatic carbocycles. The van der Waals surface area contributed by atoms with Gasteiger partial charge in [-0.25, -0.2) is 0 Å². The predicted molar refractivity (Wildman–Crippen MR) is 75.1 cm³/mol. The molecule has 0 aromatic heterocycles. The Labute approximate surface area is 114 Å². The number of carbonyl (C=O) groups is 1. The van der Waals surface area contributed by atoms with E-state index in [1.54, 1.807) is 7.11 Å². The first-order valence-corrected chi connectivity index (χ1v) is 6.66. The number of hydrogen-bond acceptors (Lipinski definition) is 3. The van der Waals surface area contributed by atoms with Crippen molar-refractivity contribution in [3.05, 3.63) is 29.8 Å². The topological polar surface area (TPSA) is 41.6 Å². The van der Waals surface area contributed by atoms with Crippen LogP contribution in [0.3, 0.4) is 0 Å². The first kappa shape index (κ1) is 13.9. The van der Waals surface area contributed by atoms with E-state index in [4.69, 9.17) is 4.74 Å². The number of nitrogens with one attached hydrogen (secondary N) is 1. The number of hydrogen-bond donors (Lipinski definition) is 1. The molecule has 0 saturated carbocycles. The lowest BCUT2D eigenvalue weighted by Crippen LogP contribution is -2.41. The Morgan fingerprint density at radius 3 is 2.84 bits per heavy atom. The minimum Gasteiger partial charge on any atom is -0.496 e. The molecule has 1 N–H and O–H groups in total. The van der Waals surface area contributed by atoms with Crippen LogP contribution in [-0.4, -0.2) is 37.6 Å². The summed E-state index contributed by atoms with van der Waals surface area (Å²) in [5.74, 6) is 1.04. The number of methoxy groups -OCH3 is 1. The molecule has 1 heterocycles. The average Bonchev–Trinajstić information content (AvgIpc) is 2.52. The van der Waals surface area contributed by atoms with Crippen LogP contribution in [0.4, 0.5) is 0 Å². The van der Waals surface area contributed by atoms with Crippen LogP contribution in [0.5, 0.6) is 5.75 Å². The zero-order chi connectivity index (χ0) is 13.9. The summed E-state index contributed by atoms with van der Waals surface area (Å²) in [5.41, 5.74) is 0.703. The highest BCUT2D eigenvalue weighted by Gasteiger charge is 2.33. The fourth-order valence-corrected chi connectivity index (χ4v) is 2.41. The van der Waals surface area contributed by atoms with Gasteiger partial charge >= 0.3 is 0 Å². The molecule has 1 aromatic rings. The molecule has 0 bridgehead atoms. The molecule has 4 heteroatoms. The lowest BCUT2D eigenvalue weighted by molar-refractivity contribution is -0.139. The van der Waals surface area contributed by atoms with E-state index in [0.29, 0.717) is 6.54 Å². The smallest absolute Gasteiger partial charge is 0.229 e. The third-order valence-electron chi connectivity index (χ3n) is 3.55. The molecule has 1 fully saturated rings. The number of rotatable bonds is 3. The van der Waals surface area contributed by atoms with Gasteiger partial charge in [-0.1, -0.05) is 18.2 Å². The number of nitrogens with zero attached hydrogens (tertiary/aromatic N) is 1. The van der Waals surface area contributed by atoms with Crippen molar-refractivity contribution in [1.82, 2.24) is 10.2 Å². The summed E-state index contributed by atoms with van der Waals surface area (Å²) in [6.45, 7) is 6.89. The molecule has 2 rings (SSSR count). The maximum atomic E-state index is 12.5. The van der Waals surface area contributed by atoms with Crippen LogP contribution in [0.2, 0.25) is 0 Å². The van der Waals surface area contributed by atoms with Gasteiger partial charge in [0.05, 0.1) is 12.5 Å². The third kappa shape index (κ3) is 3.07. The van der Waals surface area contributed by atoms with Crippen molar-refractivity contribution < 1.29 is 9.53 Å². The van der Waals surface area contributed by atoms with Crippen LogP contribution in [0.25, 0.3) is 0 Å². The van der Waals surface area contributed by atoms with E-state index in [1.165, 1.54) is 0 Å². The molecule has 1 aliphatic heterocycles. The van der Waals surface area contributed by atoms with E-state index in [0.717, 1.165) is 30.9 Å². The highest BCUT2D eigenvalue weighted by Crippen LogP contribution is 2.24. The van der Waals surface area contributed by atoms with Gasteiger partial charge in [-0.2, -0.15) is 0 Å². The summed E-state index contributed by atoms with van der Waals surface area (Å²) in [6.07, 6.45) is 0. The fraction of sp³-hybridized carbons (Fsp3) is 0.533. The third-order valence-corrected chi connectivity index (χ3v) is 3.55. The lowest BCUT2D eigenvalue weighted by Gasteiger charge is -2.28. The van der Waals surface area contributed by atoms with Crippen molar-refractivity contribution in [2.75, 3.05) is 26.7 Å². The van der Waals surface area contributed by atoms with Gasteiger partial charge < -0.3 is 15.0 Å². The van der Waals surface area contributed by atoms with Crippen molar-refractivity contribution in [1.29, 1.82) is 0 Å². The van der Waals surface area contributed by atoms with Crippen LogP contribution >= 0.6 is 0 Å². The summed E-state index contributed by atoms with van der Waals surface area (Å²) in [4.78, 5) is 14.4. The molecule has 0 atom stereocenters. The van der Waals surface area contributed by atoms with Crippen molar-refractivity contribution in [3.8, 4) is 5.75 Å². The number of benzene rings is 1. The summed E-state index contributed by atoms with van der Waals surface area (Å²) < 4.78 is 5.35. The van der Waals surface area contributed by atoms with Crippen molar-refractivity contribution in [2.24, 2.45) is 5.41 Å². The highest BCUT2D eigenvalue weighted by molar-refractivity contribution is 5.82. The summed E-state index contributed by atoms with van der Waals surface area (Å²) >= 11 is 0. The van der Waals surface area contributed by atoms with Crippen molar-refractivity contribution >= 4 is 5.91 Å². The second-order valence-corrected chi connectivity index (χ2v) is 5.60. The fourth-order valence-electron chi connectivity index (χ4n) is 2.41. The SMILES string of the molecule is COc1ccccc1CN1CCNCC(C)(C)C1=O. The van der Waals surface area contributed by atoms with Crippen LogP contribution < -0.4 is 10.1 Å². The summed E-state index contributed by atoms with van der Waals surface area (Å²) in [7, 11) is 1.66. The van der Waals surface area contributed by atoms with Crippen molar-refractivity contribution in [2.45, 2.75) is 20.4 Å². The maximum Gasteiger partial charge on any atom is 0.229 e. The zero-order valence-electron chi connectivity index (χ0n) is 11.9. The second kappa shape index (κ2) is 5.61. The van der Waals surface area contributed by atoms with Gasteiger partial charge in [-0.15, -0.1) is 0 Å². The van der Waals surface area contributed by atoms with Gasteiger partial charge in [-0.05, 0) is 19.9 Å². The standard InChI is InChI=1S/C15H22N2O2/c1-15(2)11-16-8-9-17(14(15)18)10-12-6-4-5-7-13(12)19-3/h4-7,16H,8-11H2,1-3H3. The molecular formula is C15H22N2O2. The molecule has 19 heavy (non-hydrogen) atoms. The molecule has 0 radical (unpaired) electrons. The van der Waals surface area contributed by atoms with Gasteiger partial charge in [0, 0.05) is 31.7 Å². The van der Waals surface area contributed by atoms with Gasteiger partial charge in [-0.3, -0.25) is 4.79 Å². The molecule has 1 aromatic carbocycles. The lowest BCUT2D eigenvalue weighted by atomic mass is 9.92. The first-order valence-electron chi connectivity index (χ1n) is 6.66. The monoisotopic (exact) mass is 262 g/mol. The van der Waals surface area contributed by atoms with E-state index in [1.807, 2.05) is 43.0 Å². The molecule has 1 aliphatic rings. The highest BCUT2D eigenvalue weighted by atomic mass is 16.5. The van der Waals surface area contributed by atoms with Crippen LogP contribution in [0.15, 0.2) is 24.3 Å². The Kier molecular flexibility index (Phi) is 4.10. The molecule has 1 saturated heterocycles. The van der Waals surface area contributed by atoms with Gasteiger partial charge in [0.15, 0.2) is 0 Å². The van der Waals surface area contributed by atoms with Crippen LogP contribution in [0, 0.1) is 5.41 Å². The summed E-state index contributed by atoms with van der Waals surface area (Å²) in [6, 6.07) is 7.86. The Morgan fingerprint density at radius 1 is 1.37 bits per heavy atom. The van der Waals surface area contributed by atoms with E-state index >= 15 is 0 Å². The van der Waals surface area contributed by atoms with Gasteiger partial charge in [0.25, 0.3) is 0 Å². The van der Waals surface area contributed by atoms with E-state index in [9.17, 15) is 4.79 Å². The zero-order valence-corrected chi connectivity index (χ0v) is 11.9. The van der Waals surface area contributed by atoms with E-state index in [-0.39, 0.29) is 11.3 Å². The molecule has 0 spiro atoms. The quantitative estimate of drug-likeness (QED) is 0.900. The summed E-state index contributed by atoms with van der Waals surface area (Å²) in [5, 5.41) is 3.32. The van der Waals surface area contributed by atoms with E-state index in [2.05, 4.69) is 5.32 Å². The Morgan fingerprint density at radius 2 is 2.11 bits per heavy atom. The molecular weight excluding hydrogens is 240 g/mol. The van der Waals surface area contributed by atoms with E-state index < -0.39 is 0 Å². The first-order chi connectivity index (χ1) is 9.04. The van der Waals surface area contributed by atoms with Crippen molar-refractivity contribution in [3.63, 3.8) is 0 Å².